The second-order valence-corrected chi connectivity index (χ2v) is 3.55. The maximum atomic E-state index is 10.6. The minimum Gasteiger partial charge on any atom is -0.435 e. The Morgan fingerprint density at radius 3 is 2.57 bits per heavy atom. The molecule has 0 radical (unpaired) electrons. The molecule has 0 aromatic carbocycles. The normalized spacial score (nSPS) is 12.5. The van der Waals surface area contributed by atoms with Crippen LogP contribution in [0.4, 0.5) is 0 Å². The number of unbranched alkanes of at least 4 members (excludes halogenated alkanes) is 4. The first-order valence-corrected chi connectivity index (χ1v) is 5.67. The molecule has 0 aromatic rings. The highest BCUT2D eigenvalue weighted by atomic mass is 35.5. The highest BCUT2D eigenvalue weighted by molar-refractivity contribution is 6.26. The number of aliphatic hydroxyl groups is 1. The standard InChI is InChI=1S/C10H19ClO3/c1-2-3-4-5-6-7-9(12)14-10(13)8-11/h9,12H,2-8H2,1H3. The van der Waals surface area contributed by atoms with E-state index in [1.165, 1.54) is 19.3 Å². The van der Waals surface area contributed by atoms with Crippen LogP contribution in [0.5, 0.6) is 0 Å². The maximum Gasteiger partial charge on any atom is 0.323 e. The number of rotatable bonds is 8. The zero-order chi connectivity index (χ0) is 10.8. The predicted octanol–water partition coefficient (Wildman–Crippen LogP) is 2.45. The van der Waals surface area contributed by atoms with Crippen molar-refractivity contribution in [3.05, 3.63) is 0 Å². The zero-order valence-corrected chi connectivity index (χ0v) is 9.42. The fourth-order valence-corrected chi connectivity index (χ4v) is 1.23. The van der Waals surface area contributed by atoms with E-state index in [4.69, 9.17) is 11.6 Å². The van der Waals surface area contributed by atoms with Crippen molar-refractivity contribution in [2.75, 3.05) is 5.88 Å². The van der Waals surface area contributed by atoms with E-state index in [-0.39, 0.29) is 5.88 Å². The third kappa shape index (κ3) is 8.32. The van der Waals surface area contributed by atoms with Crippen molar-refractivity contribution in [3.63, 3.8) is 0 Å². The lowest BCUT2D eigenvalue weighted by atomic mass is 10.1. The largest absolute Gasteiger partial charge is 0.435 e. The molecule has 3 nitrogen and oxygen atoms in total. The average Bonchev–Trinajstić information content (AvgIpc) is 2.17. The van der Waals surface area contributed by atoms with Crippen LogP contribution < -0.4 is 0 Å². The summed E-state index contributed by atoms with van der Waals surface area (Å²) in [7, 11) is 0. The second kappa shape index (κ2) is 9.28. The van der Waals surface area contributed by atoms with Crippen molar-refractivity contribution < 1.29 is 14.6 Å². The van der Waals surface area contributed by atoms with Gasteiger partial charge in [0.15, 0.2) is 0 Å². The summed E-state index contributed by atoms with van der Waals surface area (Å²) >= 11 is 5.21. The lowest BCUT2D eigenvalue weighted by molar-refractivity contribution is -0.165. The smallest absolute Gasteiger partial charge is 0.323 e. The van der Waals surface area contributed by atoms with Crippen LogP contribution in [-0.4, -0.2) is 23.2 Å². The molecular weight excluding hydrogens is 204 g/mol. The van der Waals surface area contributed by atoms with Crippen LogP contribution >= 0.6 is 11.6 Å². The molecule has 0 heterocycles. The number of esters is 1. The minimum atomic E-state index is -0.983. The van der Waals surface area contributed by atoms with Crippen LogP contribution in [0.3, 0.4) is 0 Å². The quantitative estimate of drug-likeness (QED) is 0.297. The average molecular weight is 223 g/mol. The third-order valence-electron chi connectivity index (χ3n) is 1.93. The number of halogens is 1. The summed E-state index contributed by atoms with van der Waals surface area (Å²) in [6.45, 7) is 2.15. The molecule has 0 spiro atoms. The molecule has 0 aliphatic carbocycles. The van der Waals surface area contributed by atoms with E-state index in [0.717, 1.165) is 12.8 Å². The number of ether oxygens (including phenoxy) is 1. The van der Waals surface area contributed by atoms with Crippen molar-refractivity contribution in [2.45, 2.75) is 51.7 Å². The summed E-state index contributed by atoms with van der Waals surface area (Å²) in [5, 5.41) is 9.21. The van der Waals surface area contributed by atoms with E-state index in [2.05, 4.69) is 11.7 Å². The van der Waals surface area contributed by atoms with Gasteiger partial charge in [-0.25, -0.2) is 0 Å². The third-order valence-corrected chi connectivity index (χ3v) is 2.15. The van der Waals surface area contributed by atoms with Gasteiger partial charge in [0.25, 0.3) is 0 Å². The van der Waals surface area contributed by atoms with E-state index in [1.54, 1.807) is 0 Å². The van der Waals surface area contributed by atoms with Crippen LogP contribution in [0.15, 0.2) is 0 Å². The topological polar surface area (TPSA) is 46.5 Å². The van der Waals surface area contributed by atoms with Crippen molar-refractivity contribution in [2.24, 2.45) is 0 Å². The fourth-order valence-electron chi connectivity index (χ4n) is 1.16. The van der Waals surface area contributed by atoms with Gasteiger partial charge < -0.3 is 9.84 Å². The van der Waals surface area contributed by atoms with Crippen LogP contribution in [0.2, 0.25) is 0 Å². The van der Waals surface area contributed by atoms with E-state index < -0.39 is 12.3 Å². The van der Waals surface area contributed by atoms with Gasteiger partial charge in [-0.15, -0.1) is 11.6 Å². The van der Waals surface area contributed by atoms with Crippen molar-refractivity contribution in [3.8, 4) is 0 Å². The van der Waals surface area contributed by atoms with Gasteiger partial charge in [0.1, 0.15) is 5.88 Å². The first-order chi connectivity index (χ1) is 6.70. The Morgan fingerprint density at radius 2 is 2.00 bits per heavy atom. The van der Waals surface area contributed by atoms with Crippen LogP contribution in [0.25, 0.3) is 0 Å². The molecule has 0 aliphatic rings. The SMILES string of the molecule is CCCCCCCC(O)OC(=O)CCl. The van der Waals surface area contributed by atoms with Gasteiger partial charge in [0, 0.05) is 6.42 Å². The highest BCUT2D eigenvalue weighted by Crippen LogP contribution is 2.08. The molecule has 0 bridgehead atoms. The molecule has 84 valence electrons. The van der Waals surface area contributed by atoms with Crippen LogP contribution in [0, 0.1) is 0 Å². The first-order valence-electron chi connectivity index (χ1n) is 5.14. The Morgan fingerprint density at radius 1 is 1.36 bits per heavy atom. The van der Waals surface area contributed by atoms with Gasteiger partial charge in [0.05, 0.1) is 0 Å². The van der Waals surface area contributed by atoms with Crippen molar-refractivity contribution >= 4 is 17.6 Å². The number of carbonyl (C=O) groups is 1. The van der Waals surface area contributed by atoms with Crippen molar-refractivity contribution in [1.29, 1.82) is 0 Å². The Kier molecular flexibility index (Phi) is 9.10. The molecule has 0 aliphatic heterocycles. The molecule has 14 heavy (non-hydrogen) atoms. The van der Waals surface area contributed by atoms with E-state index in [9.17, 15) is 9.90 Å². The van der Waals surface area contributed by atoms with E-state index in [0.29, 0.717) is 6.42 Å². The minimum absolute atomic E-state index is 0.201. The van der Waals surface area contributed by atoms with Crippen molar-refractivity contribution in [1.82, 2.24) is 0 Å². The molecule has 0 saturated carbocycles. The number of aliphatic hydroxyl groups excluding tert-OH is 1. The van der Waals surface area contributed by atoms with Gasteiger partial charge in [0.2, 0.25) is 6.29 Å². The number of alkyl halides is 1. The molecule has 0 saturated heterocycles. The Bertz CT molecular complexity index is 150. The van der Waals surface area contributed by atoms with Gasteiger partial charge in [-0.2, -0.15) is 0 Å². The molecule has 0 amide bonds. The van der Waals surface area contributed by atoms with Crippen LogP contribution in [-0.2, 0) is 9.53 Å². The molecule has 1 atom stereocenters. The first kappa shape index (κ1) is 13.7. The molecular formula is C10H19ClO3. The monoisotopic (exact) mass is 222 g/mol. The summed E-state index contributed by atoms with van der Waals surface area (Å²) in [6, 6.07) is 0. The highest BCUT2D eigenvalue weighted by Gasteiger charge is 2.08. The van der Waals surface area contributed by atoms with Gasteiger partial charge in [-0.3, -0.25) is 4.79 Å². The molecule has 0 aromatic heterocycles. The summed E-state index contributed by atoms with van der Waals surface area (Å²) in [5.41, 5.74) is 0. The lowest BCUT2D eigenvalue weighted by Crippen LogP contribution is -2.18. The van der Waals surface area contributed by atoms with E-state index >= 15 is 0 Å². The molecule has 1 unspecified atom stereocenters. The fraction of sp³-hybridized carbons (Fsp3) is 0.900. The van der Waals surface area contributed by atoms with Crippen LogP contribution in [0.1, 0.15) is 45.4 Å². The Balaban J connectivity index is 3.26. The maximum absolute atomic E-state index is 10.6. The summed E-state index contributed by atoms with van der Waals surface area (Å²) < 4.78 is 4.59. The molecule has 4 heteroatoms. The summed E-state index contributed by atoms with van der Waals surface area (Å²) in [5.74, 6) is -0.764. The Labute approximate surface area is 90.4 Å². The number of hydrogen-bond donors (Lipinski definition) is 1. The van der Waals surface area contributed by atoms with Gasteiger partial charge >= 0.3 is 5.97 Å². The Hall–Kier alpha value is -0.280. The number of carbonyl (C=O) groups excluding carboxylic acids is 1. The molecule has 1 N–H and O–H groups in total. The number of hydrogen-bond acceptors (Lipinski definition) is 3. The molecule has 0 fully saturated rings. The second-order valence-electron chi connectivity index (χ2n) is 3.28. The lowest BCUT2D eigenvalue weighted by Gasteiger charge is -2.10. The summed E-state index contributed by atoms with van der Waals surface area (Å²) in [6.07, 6.45) is 5.07. The predicted molar refractivity (Wildman–Crippen MR) is 56.2 cm³/mol. The zero-order valence-electron chi connectivity index (χ0n) is 8.67. The van der Waals surface area contributed by atoms with Gasteiger partial charge in [-0.05, 0) is 6.42 Å². The van der Waals surface area contributed by atoms with Gasteiger partial charge in [-0.1, -0.05) is 32.6 Å². The summed E-state index contributed by atoms with van der Waals surface area (Å²) in [4.78, 5) is 10.6. The molecule has 0 rings (SSSR count). The van der Waals surface area contributed by atoms with E-state index in [1.807, 2.05) is 0 Å².